The number of unbranched alkanes of at least 4 members (excludes halogenated alkanes) is 3. The van der Waals surface area contributed by atoms with Crippen LogP contribution >= 0.6 is 0 Å². The number of anilines is 1. The number of aliphatic carboxylic acids is 1. The molecule has 0 unspecified atom stereocenters. The first kappa shape index (κ1) is 43.8. The molecule has 0 spiro atoms. The monoisotopic (exact) mass is 773 g/mol. The summed E-state index contributed by atoms with van der Waals surface area (Å²) in [5.41, 5.74) is 8.83. The van der Waals surface area contributed by atoms with Gasteiger partial charge in [0, 0.05) is 61.9 Å². The van der Waals surface area contributed by atoms with Gasteiger partial charge in [-0.25, -0.2) is 4.99 Å². The third-order valence-corrected chi connectivity index (χ3v) is 9.61. The maximum Gasteiger partial charge on any atom is 0.303 e. The molecule has 1 fully saturated rings. The molecular weight excluding hydrogens is 715 g/mol. The summed E-state index contributed by atoms with van der Waals surface area (Å²) in [7, 11) is 2.07. The third kappa shape index (κ3) is 15.3. The van der Waals surface area contributed by atoms with E-state index < -0.39 is 11.5 Å². The van der Waals surface area contributed by atoms with E-state index in [9.17, 15) is 9.59 Å². The number of hydrogen-bond acceptors (Lipinski definition) is 10. The Morgan fingerprint density at radius 3 is 2.21 bits per heavy atom. The van der Waals surface area contributed by atoms with Crippen molar-refractivity contribution in [3.8, 4) is 5.75 Å². The number of benzene rings is 2. The van der Waals surface area contributed by atoms with E-state index >= 15 is 0 Å². The Kier molecular flexibility index (Phi) is 18.7. The number of aromatic nitrogens is 1. The average Bonchev–Trinajstić information content (AvgIpc) is 3.20. The number of carbonyl (C=O) groups excluding carboxylic acids is 1. The van der Waals surface area contributed by atoms with Gasteiger partial charge in [0.25, 0.3) is 5.91 Å². The van der Waals surface area contributed by atoms with Crippen LogP contribution in [-0.4, -0.2) is 110 Å². The number of carboxylic acid groups (broad SMARTS) is 1. The molecule has 6 N–H and O–H groups in total. The van der Waals surface area contributed by atoms with Gasteiger partial charge in [0.1, 0.15) is 11.6 Å². The van der Waals surface area contributed by atoms with Gasteiger partial charge >= 0.3 is 5.97 Å². The summed E-state index contributed by atoms with van der Waals surface area (Å²) in [5.74, 6) is 0.179. The van der Waals surface area contributed by atoms with E-state index in [-0.39, 0.29) is 24.2 Å². The second kappa shape index (κ2) is 23.9. The zero-order valence-corrected chi connectivity index (χ0v) is 32.8. The number of hydrogen-bond donors (Lipinski definition) is 5. The van der Waals surface area contributed by atoms with Crippen molar-refractivity contribution in [3.63, 3.8) is 0 Å². The largest absolute Gasteiger partial charge is 0.494 e. The fourth-order valence-corrected chi connectivity index (χ4v) is 6.22. The lowest BCUT2D eigenvalue weighted by Gasteiger charge is -2.41. The number of amides is 1. The Balaban J connectivity index is 1.16. The van der Waals surface area contributed by atoms with E-state index in [1.807, 2.05) is 49.4 Å². The standard InChI is InChI=1S/C42H59N7O7/c1-32(34-10-8-13-37(31-34)56-25-6-4-3-5-23-53-26-28-55-29-27-54-24-9-14-38(50)51)46-40(52)35-11-7-12-36(30-35)48-42(17-21-49(2)22-18-42)41(44)47-39(43)33-15-19-45-20-16-33/h7-8,10-13,15-16,19-20,30-32,48H,3-6,9,14,17-18,21-29H2,1-2H3,(H,46,52)(H,50,51)(H3,43,44,47)/t32-/m1/s1. The minimum atomic E-state index is -0.810. The molecule has 1 saturated heterocycles. The van der Waals surface area contributed by atoms with Crippen LogP contribution in [0.3, 0.4) is 0 Å². The molecule has 0 radical (unpaired) electrons. The topological polar surface area (TPSA) is 194 Å². The number of aliphatic imine (C=N–C) groups is 1. The zero-order chi connectivity index (χ0) is 40.0. The van der Waals surface area contributed by atoms with E-state index in [0.717, 1.165) is 55.8 Å². The first-order valence-corrected chi connectivity index (χ1v) is 19.5. The maximum atomic E-state index is 13.5. The van der Waals surface area contributed by atoms with E-state index in [1.165, 1.54) is 0 Å². The molecule has 2 aromatic carbocycles. The van der Waals surface area contributed by atoms with Crippen molar-refractivity contribution < 1.29 is 33.6 Å². The molecule has 2 heterocycles. The van der Waals surface area contributed by atoms with Crippen molar-refractivity contribution in [1.82, 2.24) is 15.2 Å². The maximum absolute atomic E-state index is 13.5. The molecule has 1 aliphatic rings. The van der Waals surface area contributed by atoms with E-state index in [1.54, 1.807) is 30.6 Å². The lowest BCUT2D eigenvalue weighted by molar-refractivity contribution is -0.137. The van der Waals surface area contributed by atoms with Crippen LogP contribution in [0.2, 0.25) is 0 Å². The third-order valence-electron chi connectivity index (χ3n) is 9.61. The van der Waals surface area contributed by atoms with Gasteiger partial charge in [0.05, 0.1) is 44.6 Å². The van der Waals surface area contributed by atoms with Crippen LogP contribution in [0.15, 0.2) is 78.0 Å². The van der Waals surface area contributed by atoms with E-state index in [0.29, 0.717) is 82.5 Å². The zero-order valence-electron chi connectivity index (χ0n) is 32.8. The Bertz CT molecular complexity index is 1680. The molecule has 1 atom stereocenters. The van der Waals surface area contributed by atoms with Crippen molar-refractivity contribution in [2.24, 2.45) is 10.7 Å². The molecule has 4 rings (SSSR count). The summed E-state index contributed by atoms with van der Waals surface area (Å²) in [4.78, 5) is 34.7. The Labute approximate surface area is 330 Å². The molecule has 14 nitrogen and oxygen atoms in total. The van der Waals surface area contributed by atoms with Crippen molar-refractivity contribution in [2.75, 3.05) is 71.7 Å². The number of likely N-dealkylation sites (tertiary alicyclic amines) is 1. The lowest BCUT2D eigenvalue weighted by Crippen LogP contribution is -2.56. The van der Waals surface area contributed by atoms with Crippen molar-refractivity contribution in [3.05, 3.63) is 89.7 Å². The number of carboxylic acids is 1. The predicted octanol–water partition coefficient (Wildman–Crippen LogP) is 5.69. The molecule has 304 valence electrons. The SMILES string of the molecule is C[C@@H](NC(=O)c1cccc(NC2(C(N)=NC(=N)c3ccncc3)CCN(C)CC2)c1)c1cccc(OCCCCCCOCCOCCOCCCC(=O)O)c1. The molecule has 14 heteroatoms. The number of piperidine rings is 1. The number of nitrogens with two attached hydrogens (primary N) is 1. The molecule has 0 saturated carbocycles. The molecule has 1 aliphatic heterocycles. The smallest absolute Gasteiger partial charge is 0.303 e. The number of rotatable bonds is 25. The Hall–Kier alpha value is -4.89. The van der Waals surface area contributed by atoms with Gasteiger partial charge in [0.2, 0.25) is 0 Å². The van der Waals surface area contributed by atoms with Gasteiger partial charge in [-0.05, 0) is 101 Å². The minimum Gasteiger partial charge on any atom is -0.494 e. The molecule has 1 amide bonds. The molecular formula is C42H59N7O7. The highest BCUT2D eigenvalue weighted by Gasteiger charge is 2.38. The second-order valence-corrected chi connectivity index (χ2v) is 14.0. The highest BCUT2D eigenvalue weighted by Crippen LogP contribution is 2.28. The van der Waals surface area contributed by atoms with Gasteiger partial charge in [-0.2, -0.15) is 0 Å². The van der Waals surface area contributed by atoms with Crippen molar-refractivity contribution in [1.29, 1.82) is 5.41 Å². The van der Waals surface area contributed by atoms with Crippen LogP contribution in [-0.2, 0) is 19.0 Å². The number of nitrogens with zero attached hydrogens (tertiary/aromatic N) is 3. The first-order valence-electron chi connectivity index (χ1n) is 19.5. The van der Waals surface area contributed by atoms with Gasteiger partial charge in [-0.15, -0.1) is 0 Å². The lowest BCUT2D eigenvalue weighted by atomic mass is 9.85. The molecule has 56 heavy (non-hydrogen) atoms. The van der Waals surface area contributed by atoms with Gasteiger partial charge in [0.15, 0.2) is 5.84 Å². The number of ether oxygens (including phenoxy) is 4. The average molecular weight is 774 g/mol. The van der Waals surface area contributed by atoms with Crippen LogP contribution in [0.5, 0.6) is 5.75 Å². The molecule has 3 aromatic rings. The normalized spacial score (nSPS) is 14.9. The Morgan fingerprint density at radius 1 is 0.875 bits per heavy atom. The number of pyridine rings is 1. The summed E-state index contributed by atoms with van der Waals surface area (Å²) in [5, 5.41) is 23.9. The number of carbonyl (C=O) groups is 2. The van der Waals surface area contributed by atoms with Gasteiger partial charge < -0.3 is 45.3 Å². The highest BCUT2D eigenvalue weighted by molar-refractivity contribution is 6.07. The van der Waals surface area contributed by atoms with Crippen LogP contribution in [0.25, 0.3) is 0 Å². The second-order valence-electron chi connectivity index (χ2n) is 14.0. The van der Waals surface area contributed by atoms with E-state index in [2.05, 4.69) is 32.6 Å². The summed E-state index contributed by atoms with van der Waals surface area (Å²) in [6.07, 6.45) is 9.25. The van der Waals surface area contributed by atoms with Gasteiger partial charge in [-0.1, -0.05) is 24.6 Å². The van der Waals surface area contributed by atoms with Crippen LogP contribution in [0, 0.1) is 5.41 Å². The Morgan fingerprint density at radius 2 is 1.52 bits per heavy atom. The molecule has 0 bridgehead atoms. The van der Waals surface area contributed by atoms with Crippen molar-refractivity contribution >= 4 is 29.2 Å². The highest BCUT2D eigenvalue weighted by atomic mass is 16.5. The molecule has 1 aromatic heterocycles. The fourth-order valence-electron chi connectivity index (χ4n) is 6.22. The summed E-state index contributed by atoms with van der Waals surface area (Å²) in [6, 6.07) is 18.4. The number of nitrogens with one attached hydrogen (secondary N) is 3. The summed E-state index contributed by atoms with van der Waals surface area (Å²) in [6.45, 7) is 7.24. The van der Waals surface area contributed by atoms with Crippen LogP contribution < -0.4 is 21.1 Å². The van der Waals surface area contributed by atoms with Crippen LogP contribution in [0.1, 0.15) is 85.8 Å². The summed E-state index contributed by atoms with van der Waals surface area (Å²) < 4.78 is 22.5. The predicted molar refractivity (Wildman–Crippen MR) is 218 cm³/mol. The minimum absolute atomic E-state index is 0.0757. The summed E-state index contributed by atoms with van der Waals surface area (Å²) >= 11 is 0. The molecule has 0 aliphatic carbocycles. The van der Waals surface area contributed by atoms with Crippen LogP contribution in [0.4, 0.5) is 5.69 Å². The number of amidine groups is 2. The quantitative estimate of drug-likeness (QED) is 0.0404. The van der Waals surface area contributed by atoms with E-state index in [4.69, 9.17) is 35.2 Å². The van der Waals surface area contributed by atoms with Gasteiger partial charge in [-0.3, -0.25) is 20.0 Å². The van der Waals surface area contributed by atoms with Crippen molar-refractivity contribution in [2.45, 2.75) is 69.9 Å². The fraction of sp³-hybridized carbons (Fsp3) is 0.500. The first-order chi connectivity index (χ1) is 27.1.